The average Bonchev–Trinajstić information content (AvgIpc) is 2.72. The summed E-state index contributed by atoms with van der Waals surface area (Å²) in [6.45, 7) is 2.80. The van der Waals surface area contributed by atoms with E-state index in [4.69, 9.17) is 11.5 Å². The van der Waals surface area contributed by atoms with E-state index >= 15 is 0 Å². The molecule has 0 aromatic rings. The first kappa shape index (κ1) is 14.4. The van der Waals surface area contributed by atoms with Gasteiger partial charge in [0.25, 0.3) is 0 Å². The number of carbonyl (C=O) groups excluding carboxylic acids is 1. The monoisotopic (exact) mass is 252 g/mol. The molecule has 5 heteroatoms. The van der Waals surface area contributed by atoms with Gasteiger partial charge < -0.3 is 15.7 Å². The zero-order valence-corrected chi connectivity index (χ0v) is 10.6. The van der Waals surface area contributed by atoms with Crippen molar-refractivity contribution >= 4 is 12.0 Å². The maximum atomic E-state index is 11.5. The van der Waals surface area contributed by atoms with E-state index < -0.39 is 18.0 Å². The van der Waals surface area contributed by atoms with Gasteiger partial charge in [-0.25, -0.2) is 9.59 Å². The summed E-state index contributed by atoms with van der Waals surface area (Å²) in [6.07, 6.45) is 8.47. The minimum absolute atomic E-state index is 0.0107. The van der Waals surface area contributed by atoms with E-state index in [1.807, 2.05) is 0 Å². The van der Waals surface area contributed by atoms with Gasteiger partial charge in [0.1, 0.15) is 6.04 Å². The van der Waals surface area contributed by atoms with Gasteiger partial charge in [0, 0.05) is 13.0 Å². The highest BCUT2D eigenvalue weighted by atomic mass is 16.4. The molecule has 100 valence electrons. The largest absolute Gasteiger partial charge is 0.480 e. The fraction of sp³-hybridized carbons (Fsp3) is 0.692. The molecule has 0 aromatic carbocycles. The van der Waals surface area contributed by atoms with Gasteiger partial charge in [-0.05, 0) is 24.7 Å². The number of carboxylic acids is 1. The van der Waals surface area contributed by atoms with Gasteiger partial charge in [0.15, 0.2) is 0 Å². The Morgan fingerprint density at radius 3 is 2.72 bits per heavy atom. The maximum Gasteiger partial charge on any atom is 0.327 e. The maximum absolute atomic E-state index is 11.5. The molecule has 0 heterocycles. The highest BCUT2D eigenvalue weighted by molar-refractivity contribution is 5.82. The van der Waals surface area contributed by atoms with Crippen molar-refractivity contribution in [3.63, 3.8) is 0 Å². The zero-order chi connectivity index (χ0) is 13.5. The topological polar surface area (TPSA) is 78.4 Å². The summed E-state index contributed by atoms with van der Waals surface area (Å²) in [5.41, 5.74) is 0. The third-order valence-electron chi connectivity index (χ3n) is 3.28. The van der Waals surface area contributed by atoms with E-state index in [1.165, 1.54) is 6.42 Å². The Balaban J connectivity index is 2.28. The molecule has 3 N–H and O–H groups in total. The number of rotatable bonds is 5. The second-order valence-corrected chi connectivity index (χ2v) is 4.94. The molecule has 0 aliphatic heterocycles. The summed E-state index contributed by atoms with van der Waals surface area (Å²) in [7, 11) is 0. The summed E-state index contributed by atoms with van der Waals surface area (Å²) in [6, 6.07) is -1.48. The van der Waals surface area contributed by atoms with Crippen LogP contribution in [0.5, 0.6) is 0 Å². The Morgan fingerprint density at radius 1 is 1.50 bits per heavy atom. The van der Waals surface area contributed by atoms with E-state index in [1.54, 1.807) is 0 Å². The second-order valence-electron chi connectivity index (χ2n) is 4.94. The van der Waals surface area contributed by atoms with Crippen LogP contribution in [-0.4, -0.2) is 29.7 Å². The van der Waals surface area contributed by atoms with Crippen molar-refractivity contribution in [2.45, 2.75) is 38.6 Å². The van der Waals surface area contributed by atoms with E-state index in [2.05, 4.69) is 23.5 Å². The Morgan fingerprint density at radius 2 is 2.22 bits per heavy atom. The summed E-state index contributed by atoms with van der Waals surface area (Å²) in [5.74, 6) is 2.34. The van der Waals surface area contributed by atoms with Crippen molar-refractivity contribution in [3.05, 3.63) is 0 Å². The number of aliphatic carboxylic acids is 1. The smallest absolute Gasteiger partial charge is 0.327 e. The molecular weight excluding hydrogens is 232 g/mol. The first-order chi connectivity index (χ1) is 8.52. The molecule has 1 aliphatic rings. The highest BCUT2D eigenvalue weighted by Crippen LogP contribution is 2.29. The summed E-state index contributed by atoms with van der Waals surface area (Å²) < 4.78 is 0. The number of carbonyl (C=O) groups is 2. The molecule has 0 bridgehead atoms. The molecule has 2 amide bonds. The van der Waals surface area contributed by atoms with Crippen molar-refractivity contribution in [2.75, 3.05) is 6.54 Å². The lowest BCUT2D eigenvalue weighted by Crippen LogP contribution is -2.46. The van der Waals surface area contributed by atoms with Gasteiger partial charge >= 0.3 is 12.0 Å². The van der Waals surface area contributed by atoms with Gasteiger partial charge in [0.2, 0.25) is 0 Å². The number of urea groups is 1. The number of amides is 2. The first-order valence-corrected chi connectivity index (χ1v) is 6.23. The molecule has 1 aliphatic carbocycles. The Labute approximate surface area is 107 Å². The van der Waals surface area contributed by atoms with Crippen LogP contribution in [0.15, 0.2) is 0 Å². The molecule has 3 unspecified atom stereocenters. The Hall–Kier alpha value is -1.70. The van der Waals surface area contributed by atoms with Crippen LogP contribution in [0.3, 0.4) is 0 Å². The van der Waals surface area contributed by atoms with Crippen molar-refractivity contribution in [1.82, 2.24) is 10.6 Å². The average molecular weight is 252 g/mol. The fourth-order valence-corrected chi connectivity index (χ4v) is 2.27. The second kappa shape index (κ2) is 6.90. The molecule has 1 fully saturated rings. The van der Waals surface area contributed by atoms with Crippen LogP contribution in [0.25, 0.3) is 0 Å². The minimum Gasteiger partial charge on any atom is -0.480 e. The Bertz CT molecular complexity index is 349. The van der Waals surface area contributed by atoms with Crippen LogP contribution < -0.4 is 10.6 Å². The van der Waals surface area contributed by atoms with Gasteiger partial charge in [-0.3, -0.25) is 0 Å². The number of nitrogens with one attached hydrogen (secondary N) is 2. The van der Waals surface area contributed by atoms with Gasteiger partial charge in [-0.1, -0.05) is 13.3 Å². The van der Waals surface area contributed by atoms with E-state index in [9.17, 15) is 9.59 Å². The van der Waals surface area contributed by atoms with E-state index in [-0.39, 0.29) is 6.42 Å². The van der Waals surface area contributed by atoms with Gasteiger partial charge in [0.05, 0.1) is 0 Å². The van der Waals surface area contributed by atoms with Crippen LogP contribution >= 0.6 is 0 Å². The molecule has 5 nitrogen and oxygen atoms in total. The molecule has 0 radical (unpaired) electrons. The molecule has 0 spiro atoms. The molecule has 1 rings (SSSR count). The molecular formula is C13H20N2O3. The molecule has 3 atom stereocenters. The third kappa shape index (κ3) is 4.66. The van der Waals surface area contributed by atoms with Crippen LogP contribution in [0.2, 0.25) is 0 Å². The van der Waals surface area contributed by atoms with Crippen molar-refractivity contribution < 1.29 is 14.7 Å². The van der Waals surface area contributed by atoms with Gasteiger partial charge in [-0.15, -0.1) is 12.3 Å². The minimum atomic E-state index is -1.11. The van der Waals surface area contributed by atoms with E-state index in [0.29, 0.717) is 18.4 Å². The first-order valence-electron chi connectivity index (χ1n) is 6.23. The predicted octanol–water partition coefficient (Wildman–Crippen LogP) is 1.20. The lowest BCUT2D eigenvalue weighted by atomic mass is 10.1. The van der Waals surface area contributed by atoms with Gasteiger partial charge in [-0.2, -0.15) is 0 Å². The van der Waals surface area contributed by atoms with E-state index in [0.717, 1.165) is 12.8 Å². The number of terminal acetylenes is 1. The number of hydrogen-bond acceptors (Lipinski definition) is 2. The lowest BCUT2D eigenvalue weighted by molar-refractivity contribution is -0.139. The predicted molar refractivity (Wildman–Crippen MR) is 67.9 cm³/mol. The Kier molecular flexibility index (Phi) is 5.50. The SMILES string of the molecule is C#CCC(NC(=O)NCC1CCC(C)C1)C(=O)O. The van der Waals surface area contributed by atoms with Crippen molar-refractivity contribution in [3.8, 4) is 12.3 Å². The molecule has 1 saturated carbocycles. The third-order valence-corrected chi connectivity index (χ3v) is 3.28. The molecule has 0 saturated heterocycles. The van der Waals surface area contributed by atoms with Crippen molar-refractivity contribution in [2.24, 2.45) is 11.8 Å². The number of carboxylic acid groups (broad SMARTS) is 1. The van der Waals surface area contributed by atoms with Crippen LogP contribution in [0.1, 0.15) is 32.6 Å². The quantitative estimate of drug-likeness (QED) is 0.643. The zero-order valence-electron chi connectivity index (χ0n) is 10.6. The summed E-state index contributed by atoms with van der Waals surface area (Å²) in [4.78, 5) is 22.3. The molecule has 18 heavy (non-hydrogen) atoms. The molecule has 0 aromatic heterocycles. The summed E-state index contributed by atoms with van der Waals surface area (Å²) >= 11 is 0. The van der Waals surface area contributed by atoms with Crippen LogP contribution in [-0.2, 0) is 4.79 Å². The van der Waals surface area contributed by atoms with Crippen LogP contribution in [0.4, 0.5) is 4.79 Å². The fourth-order valence-electron chi connectivity index (χ4n) is 2.27. The van der Waals surface area contributed by atoms with Crippen LogP contribution in [0, 0.1) is 24.2 Å². The summed E-state index contributed by atoms with van der Waals surface area (Å²) in [5, 5.41) is 13.9. The highest BCUT2D eigenvalue weighted by Gasteiger charge is 2.23. The normalized spacial score (nSPS) is 24.0. The van der Waals surface area contributed by atoms with Crippen molar-refractivity contribution in [1.29, 1.82) is 0 Å². The number of hydrogen-bond donors (Lipinski definition) is 3. The lowest BCUT2D eigenvalue weighted by Gasteiger charge is -2.15. The standard InChI is InChI=1S/C13H20N2O3/c1-3-4-11(12(16)17)15-13(18)14-8-10-6-5-9(2)7-10/h1,9-11H,4-8H2,2H3,(H,16,17)(H2,14,15,18).